The predicted molar refractivity (Wildman–Crippen MR) is 177 cm³/mol. The number of rotatable bonds is 5. The van der Waals surface area contributed by atoms with E-state index in [-0.39, 0.29) is 11.9 Å². The maximum absolute atomic E-state index is 14.1. The predicted octanol–water partition coefficient (Wildman–Crippen LogP) is 6.49. The van der Waals surface area contributed by atoms with Crippen molar-refractivity contribution in [2.24, 2.45) is 0 Å². The molecule has 3 heterocycles. The van der Waals surface area contributed by atoms with Gasteiger partial charge in [-0.25, -0.2) is 9.78 Å². The van der Waals surface area contributed by atoms with Gasteiger partial charge in [0.1, 0.15) is 11.6 Å². The third-order valence-corrected chi connectivity index (χ3v) is 8.79. The second-order valence-corrected chi connectivity index (χ2v) is 13.9. The van der Waals surface area contributed by atoms with E-state index < -0.39 is 17.7 Å². The molecule has 1 unspecified atom stereocenters. The molecule has 4 aromatic rings. The van der Waals surface area contributed by atoms with Crippen molar-refractivity contribution in [2.75, 3.05) is 25.0 Å². The molecule has 1 fully saturated rings. The minimum atomic E-state index is -0.802. The number of nitrogens with one attached hydrogen (secondary N) is 1. The van der Waals surface area contributed by atoms with Gasteiger partial charge in [-0.2, -0.15) is 0 Å². The molecule has 2 atom stereocenters. The first-order valence-electron chi connectivity index (χ1n) is 15.1. The van der Waals surface area contributed by atoms with E-state index in [1.54, 1.807) is 17.4 Å². The van der Waals surface area contributed by atoms with Crippen molar-refractivity contribution in [3.8, 4) is 0 Å². The number of nitrogens with zero attached hydrogens (tertiary/aromatic N) is 5. The number of halogens is 2. The van der Waals surface area contributed by atoms with Gasteiger partial charge in [-0.15, -0.1) is 0 Å². The lowest BCUT2D eigenvalue weighted by Crippen LogP contribution is -2.60. The molecule has 2 aromatic carbocycles. The van der Waals surface area contributed by atoms with Gasteiger partial charge in [-0.1, -0.05) is 29.8 Å². The van der Waals surface area contributed by atoms with Crippen molar-refractivity contribution in [1.82, 2.24) is 24.3 Å². The summed E-state index contributed by atoms with van der Waals surface area (Å²) in [4.78, 5) is 40.4. The summed E-state index contributed by atoms with van der Waals surface area (Å²) in [5.74, 6) is -0.278. The van der Waals surface area contributed by atoms with Gasteiger partial charge < -0.3 is 14.6 Å². The Labute approximate surface area is 276 Å². The van der Waals surface area contributed by atoms with Crippen LogP contribution in [0.4, 0.5) is 10.5 Å². The molecule has 2 amide bonds. The van der Waals surface area contributed by atoms with Crippen molar-refractivity contribution >= 4 is 45.2 Å². The lowest BCUT2D eigenvalue weighted by atomic mass is 9.95. The molecule has 2 aliphatic rings. The Morgan fingerprint density at radius 2 is 1.91 bits per heavy atom. The van der Waals surface area contributed by atoms with Crippen LogP contribution in [0, 0.1) is 0 Å². The maximum Gasteiger partial charge on any atom is 0.411 e. The van der Waals surface area contributed by atoms with Gasteiger partial charge in [0.15, 0.2) is 0 Å². The number of hydrogen-bond donors (Lipinski definition) is 1. The topological polar surface area (TPSA) is 92.6 Å². The highest BCUT2D eigenvalue weighted by molar-refractivity contribution is 9.10. The molecule has 1 aliphatic carbocycles. The highest BCUT2D eigenvalue weighted by Gasteiger charge is 2.41. The van der Waals surface area contributed by atoms with Gasteiger partial charge in [-0.05, 0) is 102 Å². The molecule has 0 radical (unpaired) electrons. The molecule has 0 saturated carbocycles. The number of benzene rings is 2. The van der Waals surface area contributed by atoms with Crippen molar-refractivity contribution in [3.05, 3.63) is 111 Å². The minimum Gasteiger partial charge on any atom is -0.444 e. The number of anilines is 1. The SMILES string of the molecule is CC(C)(C)OC(=O)N1CCN([C@@H]2c3ccc(Cl)cc3CCc3cc(Br)cnc32)CC1C(=O)Nc1cccc(Cn2ccnc2)c1. The third-order valence-electron chi connectivity index (χ3n) is 8.12. The zero-order valence-electron chi connectivity index (χ0n) is 25.5. The molecular formula is C34H36BrClN6O3. The van der Waals surface area contributed by atoms with Gasteiger partial charge in [0.05, 0.1) is 18.1 Å². The summed E-state index contributed by atoms with van der Waals surface area (Å²) in [6.07, 6.45) is 8.35. The van der Waals surface area contributed by atoms with E-state index in [4.69, 9.17) is 21.3 Å². The van der Waals surface area contributed by atoms with E-state index in [9.17, 15) is 9.59 Å². The summed E-state index contributed by atoms with van der Waals surface area (Å²) in [5.41, 5.74) is 5.35. The number of carbonyl (C=O) groups excluding carboxylic acids is 2. The fourth-order valence-corrected chi connectivity index (χ4v) is 6.72. The summed E-state index contributed by atoms with van der Waals surface area (Å²) in [6, 6.07) is 14.8. The first-order valence-corrected chi connectivity index (χ1v) is 16.2. The van der Waals surface area contributed by atoms with Gasteiger partial charge in [0.25, 0.3) is 0 Å². The number of piperazine rings is 1. The molecule has 6 rings (SSSR count). The summed E-state index contributed by atoms with van der Waals surface area (Å²) in [5, 5.41) is 3.78. The van der Waals surface area contributed by atoms with Crippen LogP contribution in [0.15, 0.2) is 77.9 Å². The van der Waals surface area contributed by atoms with Crippen LogP contribution in [0.5, 0.6) is 0 Å². The van der Waals surface area contributed by atoms with E-state index in [1.165, 1.54) is 0 Å². The van der Waals surface area contributed by atoms with Crippen LogP contribution in [0.2, 0.25) is 5.02 Å². The molecule has 9 nitrogen and oxygen atoms in total. The molecule has 234 valence electrons. The first kappa shape index (κ1) is 31.3. The first-order chi connectivity index (χ1) is 21.5. The smallest absolute Gasteiger partial charge is 0.411 e. The summed E-state index contributed by atoms with van der Waals surface area (Å²) < 4.78 is 8.66. The van der Waals surface area contributed by atoms with Crippen LogP contribution >= 0.6 is 27.5 Å². The van der Waals surface area contributed by atoms with Crippen LogP contribution < -0.4 is 5.32 Å². The van der Waals surface area contributed by atoms with E-state index in [0.717, 1.165) is 45.3 Å². The summed E-state index contributed by atoms with van der Waals surface area (Å²) in [7, 11) is 0. The molecule has 1 aliphatic heterocycles. The van der Waals surface area contributed by atoms with Gasteiger partial charge in [0, 0.05) is 60.0 Å². The van der Waals surface area contributed by atoms with Crippen molar-refractivity contribution < 1.29 is 14.3 Å². The second-order valence-electron chi connectivity index (χ2n) is 12.6. The number of pyridine rings is 1. The number of amides is 2. The lowest BCUT2D eigenvalue weighted by molar-refractivity contribution is -0.124. The Morgan fingerprint density at radius 1 is 1.09 bits per heavy atom. The van der Waals surface area contributed by atoms with E-state index >= 15 is 0 Å². The Balaban J connectivity index is 1.33. The normalized spacial score (nSPS) is 18.5. The Kier molecular flexibility index (Phi) is 8.99. The molecule has 1 saturated heterocycles. The molecule has 0 spiro atoms. The Bertz CT molecular complexity index is 1650. The average molecular weight is 692 g/mol. The van der Waals surface area contributed by atoms with Crippen LogP contribution in [0.3, 0.4) is 0 Å². The standard InChI is InChI=1S/C34H36BrClN6O3/c1-34(2,3)45-33(44)42-14-13-41(20-29(42)32(43)39-27-6-4-5-22(15-27)19-40-12-11-37-21-40)31-28-10-9-26(36)17-23(28)7-8-24-16-25(35)18-38-30(24)31/h4-6,9-12,15-18,21,29,31H,7-8,13-14,19-20H2,1-3H3,(H,39,43)/t29?,31-/m1/s1. The fourth-order valence-electron chi connectivity index (χ4n) is 6.15. The van der Waals surface area contributed by atoms with Crippen LogP contribution in [-0.2, 0) is 28.9 Å². The Morgan fingerprint density at radius 3 is 2.69 bits per heavy atom. The monoisotopic (exact) mass is 690 g/mol. The zero-order chi connectivity index (χ0) is 31.7. The number of aromatic nitrogens is 3. The number of aryl methyl sites for hydroxylation is 2. The number of carbonyl (C=O) groups is 2. The molecule has 0 bridgehead atoms. The fraction of sp³-hybridized carbons (Fsp3) is 0.353. The number of hydrogen-bond acceptors (Lipinski definition) is 6. The summed E-state index contributed by atoms with van der Waals surface area (Å²) in [6.45, 7) is 7.26. The van der Waals surface area contributed by atoms with Crippen molar-refractivity contribution in [3.63, 3.8) is 0 Å². The highest BCUT2D eigenvalue weighted by Crippen LogP contribution is 2.38. The largest absolute Gasteiger partial charge is 0.444 e. The highest BCUT2D eigenvalue weighted by atomic mass is 79.9. The maximum atomic E-state index is 14.1. The van der Waals surface area contributed by atoms with E-state index in [0.29, 0.717) is 36.9 Å². The van der Waals surface area contributed by atoms with Gasteiger partial charge in [-0.3, -0.25) is 19.6 Å². The Hall–Kier alpha value is -3.73. The number of fused-ring (bicyclic) bond motifs is 2. The van der Waals surface area contributed by atoms with E-state index in [1.807, 2.05) is 74.1 Å². The molecule has 2 aromatic heterocycles. The molecule has 1 N–H and O–H groups in total. The third kappa shape index (κ3) is 7.24. The molecule has 11 heteroatoms. The van der Waals surface area contributed by atoms with Crippen LogP contribution in [0.25, 0.3) is 0 Å². The van der Waals surface area contributed by atoms with Crippen LogP contribution in [-0.4, -0.2) is 67.6 Å². The van der Waals surface area contributed by atoms with E-state index in [2.05, 4.69) is 43.3 Å². The minimum absolute atomic E-state index is 0.211. The average Bonchev–Trinajstić information content (AvgIpc) is 3.44. The van der Waals surface area contributed by atoms with Gasteiger partial charge in [0.2, 0.25) is 5.91 Å². The molecule has 45 heavy (non-hydrogen) atoms. The van der Waals surface area contributed by atoms with Crippen molar-refractivity contribution in [2.45, 2.75) is 57.8 Å². The van der Waals surface area contributed by atoms with Crippen LogP contribution in [0.1, 0.15) is 54.8 Å². The zero-order valence-corrected chi connectivity index (χ0v) is 27.9. The van der Waals surface area contributed by atoms with Crippen molar-refractivity contribution in [1.29, 1.82) is 0 Å². The molecular weight excluding hydrogens is 656 g/mol. The number of ether oxygens (including phenoxy) is 1. The lowest BCUT2D eigenvalue weighted by Gasteiger charge is -2.44. The second kappa shape index (κ2) is 12.9. The quantitative estimate of drug-likeness (QED) is 0.257. The van der Waals surface area contributed by atoms with Gasteiger partial charge >= 0.3 is 6.09 Å². The number of imidazole rings is 1. The summed E-state index contributed by atoms with van der Waals surface area (Å²) >= 11 is 10.0.